The van der Waals surface area contributed by atoms with Gasteiger partial charge in [-0.2, -0.15) is 0 Å². The third-order valence-electron chi connectivity index (χ3n) is 2.15. The van der Waals surface area contributed by atoms with Gasteiger partial charge in [-0.3, -0.25) is 4.79 Å². The minimum absolute atomic E-state index is 0.0413. The Balaban J connectivity index is 2.35. The van der Waals surface area contributed by atoms with Crippen molar-refractivity contribution in [2.24, 2.45) is 0 Å². The van der Waals surface area contributed by atoms with Gasteiger partial charge in [-0.15, -0.1) is 11.8 Å². The maximum absolute atomic E-state index is 11.4. The van der Waals surface area contributed by atoms with E-state index < -0.39 is 5.97 Å². The van der Waals surface area contributed by atoms with Crippen molar-refractivity contribution in [2.45, 2.75) is 31.2 Å². The third kappa shape index (κ3) is 5.23. The molecule has 1 aromatic carbocycles. The van der Waals surface area contributed by atoms with E-state index >= 15 is 0 Å². The van der Waals surface area contributed by atoms with Crippen molar-refractivity contribution in [3.63, 3.8) is 0 Å². The van der Waals surface area contributed by atoms with E-state index in [1.165, 1.54) is 0 Å². The first-order valence-corrected chi connectivity index (χ1v) is 6.73. The van der Waals surface area contributed by atoms with Crippen LogP contribution in [0.5, 0.6) is 0 Å². The maximum atomic E-state index is 11.4. The molecule has 4 nitrogen and oxygen atoms in total. The van der Waals surface area contributed by atoms with E-state index in [4.69, 9.17) is 5.11 Å². The smallest absolute Gasteiger partial charge is 0.335 e. The lowest BCUT2D eigenvalue weighted by molar-refractivity contribution is -0.121. The number of carbonyl (C=O) groups excluding carboxylic acids is 1. The van der Waals surface area contributed by atoms with Gasteiger partial charge in [-0.05, 0) is 38.1 Å². The lowest BCUT2D eigenvalue weighted by Crippen LogP contribution is -2.30. The van der Waals surface area contributed by atoms with Crippen molar-refractivity contribution < 1.29 is 14.7 Å². The molecule has 98 valence electrons. The van der Waals surface area contributed by atoms with Crippen LogP contribution in [-0.4, -0.2) is 28.8 Å². The maximum Gasteiger partial charge on any atom is 0.335 e. The van der Waals surface area contributed by atoms with E-state index in [0.29, 0.717) is 12.2 Å². The van der Waals surface area contributed by atoms with Crippen LogP contribution in [-0.2, 0) is 4.79 Å². The van der Waals surface area contributed by atoms with Gasteiger partial charge in [-0.25, -0.2) is 4.79 Å². The second kappa shape index (κ2) is 7.06. The molecule has 0 radical (unpaired) electrons. The van der Waals surface area contributed by atoms with E-state index in [-0.39, 0.29) is 17.5 Å². The van der Waals surface area contributed by atoms with Crippen molar-refractivity contribution in [3.8, 4) is 0 Å². The summed E-state index contributed by atoms with van der Waals surface area (Å²) < 4.78 is 0. The number of rotatable bonds is 6. The van der Waals surface area contributed by atoms with Gasteiger partial charge in [0, 0.05) is 23.1 Å². The molecule has 0 saturated heterocycles. The normalized spacial score (nSPS) is 10.4. The summed E-state index contributed by atoms with van der Waals surface area (Å²) in [5.74, 6) is -0.201. The summed E-state index contributed by atoms with van der Waals surface area (Å²) >= 11 is 1.54. The fourth-order valence-electron chi connectivity index (χ4n) is 1.35. The Morgan fingerprint density at radius 1 is 1.28 bits per heavy atom. The molecule has 0 aliphatic heterocycles. The number of hydrogen-bond donors (Lipinski definition) is 2. The quantitative estimate of drug-likeness (QED) is 0.777. The Labute approximate surface area is 111 Å². The molecule has 0 aliphatic carbocycles. The fraction of sp³-hybridized carbons (Fsp3) is 0.385. The van der Waals surface area contributed by atoms with Crippen LogP contribution in [0.25, 0.3) is 0 Å². The van der Waals surface area contributed by atoms with Crippen LogP contribution in [0.1, 0.15) is 30.6 Å². The Morgan fingerprint density at radius 2 is 1.89 bits per heavy atom. The molecular formula is C13H17NO3S. The first-order valence-electron chi connectivity index (χ1n) is 5.74. The molecule has 0 saturated carbocycles. The molecule has 0 bridgehead atoms. The molecule has 0 aromatic heterocycles. The van der Waals surface area contributed by atoms with Gasteiger partial charge in [0.2, 0.25) is 5.91 Å². The van der Waals surface area contributed by atoms with E-state index in [9.17, 15) is 9.59 Å². The van der Waals surface area contributed by atoms with Gasteiger partial charge in [0.1, 0.15) is 0 Å². The lowest BCUT2D eigenvalue weighted by Gasteiger charge is -2.07. The predicted octanol–water partition coefficient (Wildman–Crippen LogP) is 2.39. The monoisotopic (exact) mass is 267 g/mol. The highest BCUT2D eigenvalue weighted by Crippen LogP contribution is 2.19. The van der Waals surface area contributed by atoms with Crippen LogP contribution in [0.15, 0.2) is 29.2 Å². The second-order valence-electron chi connectivity index (χ2n) is 4.15. The Morgan fingerprint density at radius 3 is 2.39 bits per heavy atom. The zero-order valence-electron chi connectivity index (χ0n) is 10.5. The van der Waals surface area contributed by atoms with E-state index in [1.54, 1.807) is 36.0 Å². The Hall–Kier alpha value is -1.49. The lowest BCUT2D eigenvalue weighted by atomic mass is 10.2. The van der Waals surface area contributed by atoms with Crippen molar-refractivity contribution in [3.05, 3.63) is 29.8 Å². The van der Waals surface area contributed by atoms with Crippen molar-refractivity contribution in [1.82, 2.24) is 5.32 Å². The van der Waals surface area contributed by atoms with Gasteiger partial charge < -0.3 is 10.4 Å². The zero-order chi connectivity index (χ0) is 13.5. The molecule has 0 spiro atoms. The summed E-state index contributed by atoms with van der Waals surface area (Å²) in [6, 6.07) is 6.82. The average Bonchev–Trinajstić information content (AvgIpc) is 2.28. The summed E-state index contributed by atoms with van der Waals surface area (Å²) in [5.41, 5.74) is 0.275. The highest BCUT2D eigenvalue weighted by atomic mass is 32.2. The highest BCUT2D eigenvalue weighted by molar-refractivity contribution is 7.99. The van der Waals surface area contributed by atoms with E-state index in [1.807, 2.05) is 13.8 Å². The first-order chi connectivity index (χ1) is 8.49. The molecule has 5 heteroatoms. The van der Waals surface area contributed by atoms with E-state index in [0.717, 1.165) is 4.90 Å². The SMILES string of the molecule is CC(C)NC(=O)CCSc1ccc(C(=O)O)cc1. The molecule has 2 N–H and O–H groups in total. The molecular weight excluding hydrogens is 250 g/mol. The molecule has 0 aliphatic rings. The minimum atomic E-state index is -0.928. The topological polar surface area (TPSA) is 66.4 Å². The van der Waals surface area contributed by atoms with Crippen molar-refractivity contribution >= 4 is 23.6 Å². The number of carboxylic acids is 1. The summed E-state index contributed by atoms with van der Waals surface area (Å²) in [6.45, 7) is 3.85. The summed E-state index contributed by atoms with van der Waals surface area (Å²) in [5, 5.41) is 11.6. The number of aromatic carboxylic acids is 1. The third-order valence-corrected chi connectivity index (χ3v) is 3.16. The molecule has 1 amide bonds. The average molecular weight is 267 g/mol. The summed E-state index contributed by atoms with van der Waals surface area (Å²) in [6.07, 6.45) is 0.462. The van der Waals surface area contributed by atoms with Gasteiger partial charge in [0.15, 0.2) is 0 Å². The number of hydrogen-bond acceptors (Lipinski definition) is 3. The van der Waals surface area contributed by atoms with Gasteiger partial charge in [0.05, 0.1) is 5.56 Å². The van der Waals surface area contributed by atoms with Crippen molar-refractivity contribution in [2.75, 3.05) is 5.75 Å². The Bertz CT molecular complexity index is 415. The van der Waals surface area contributed by atoms with E-state index in [2.05, 4.69) is 5.32 Å². The number of nitrogens with one attached hydrogen (secondary N) is 1. The molecule has 0 heterocycles. The molecule has 1 rings (SSSR count). The molecule has 0 unspecified atom stereocenters. The number of amides is 1. The fourth-order valence-corrected chi connectivity index (χ4v) is 2.20. The molecule has 0 atom stereocenters. The first kappa shape index (κ1) is 14.6. The molecule has 18 heavy (non-hydrogen) atoms. The van der Waals surface area contributed by atoms with Crippen LogP contribution in [0.2, 0.25) is 0 Å². The van der Waals surface area contributed by atoms with Gasteiger partial charge in [-0.1, -0.05) is 0 Å². The standard InChI is InChI=1S/C13H17NO3S/c1-9(2)14-12(15)7-8-18-11-5-3-10(4-6-11)13(16)17/h3-6,9H,7-8H2,1-2H3,(H,14,15)(H,16,17). The van der Waals surface area contributed by atoms with Gasteiger partial charge in [0.25, 0.3) is 0 Å². The van der Waals surface area contributed by atoms with Crippen LogP contribution in [0.3, 0.4) is 0 Å². The second-order valence-corrected chi connectivity index (χ2v) is 5.32. The van der Waals surface area contributed by atoms with Crippen LogP contribution >= 0.6 is 11.8 Å². The summed E-state index contributed by atoms with van der Waals surface area (Å²) in [7, 11) is 0. The van der Waals surface area contributed by atoms with Gasteiger partial charge >= 0.3 is 5.97 Å². The Kier molecular flexibility index (Phi) is 5.71. The number of carbonyl (C=O) groups is 2. The van der Waals surface area contributed by atoms with Crippen LogP contribution in [0, 0.1) is 0 Å². The zero-order valence-corrected chi connectivity index (χ0v) is 11.3. The highest BCUT2D eigenvalue weighted by Gasteiger charge is 2.05. The summed E-state index contributed by atoms with van der Waals surface area (Å²) in [4.78, 5) is 23.0. The largest absolute Gasteiger partial charge is 0.478 e. The van der Waals surface area contributed by atoms with Crippen LogP contribution < -0.4 is 5.32 Å². The number of benzene rings is 1. The molecule has 1 aromatic rings. The molecule has 0 fully saturated rings. The minimum Gasteiger partial charge on any atom is -0.478 e. The number of thioether (sulfide) groups is 1. The van der Waals surface area contributed by atoms with Crippen molar-refractivity contribution in [1.29, 1.82) is 0 Å². The predicted molar refractivity (Wildman–Crippen MR) is 72.0 cm³/mol. The number of carboxylic acid groups (broad SMARTS) is 1. The van der Waals surface area contributed by atoms with Crippen LogP contribution in [0.4, 0.5) is 0 Å².